The lowest BCUT2D eigenvalue weighted by molar-refractivity contribution is 0.589. The number of anilines is 2. The van der Waals surface area contributed by atoms with Crippen LogP contribution in [0.1, 0.15) is 0 Å². The predicted octanol–water partition coefficient (Wildman–Crippen LogP) is 0.173. The molecule has 102 valence electrons. The van der Waals surface area contributed by atoms with Crippen molar-refractivity contribution in [1.29, 1.82) is 0 Å². The minimum absolute atomic E-state index is 0.291. The zero-order valence-corrected chi connectivity index (χ0v) is 11.2. The number of rotatable bonds is 5. The second-order valence-corrected chi connectivity index (χ2v) is 5.93. The zero-order valence-electron chi connectivity index (χ0n) is 10.4. The lowest BCUT2D eigenvalue weighted by atomic mass is 10.2. The molecule has 0 saturated heterocycles. The van der Waals surface area contributed by atoms with Crippen molar-refractivity contribution < 1.29 is 8.42 Å². The standard InChI is InChI=1S/C11H15N5O2S/c1-19(17,18)16-5-4-13-11-9-3-2-8(12)6-10(9)14-7-15-11/h2-3,6-7,16H,4-5,12H2,1H3,(H,13,14,15). The van der Waals surface area contributed by atoms with Gasteiger partial charge in [0.05, 0.1) is 11.8 Å². The summed E-state index contributed by atoms with van der Waals surface area (Å²) in [5, 5.41) is 3.90. The molecule has 0 saturated carbocycles. The molecular formula is C11H15N5O2S. The molecule has 0 spiro atoms. The van der Waals surface area contributed by atoms with Gasteiger partial charge in [-0.15, -0.1) is 0 Å². The largest absolute Gasteiger partial charge is 0.399 e. The van der Waals surface area contributed by atoms with Crippen molar-refractivity contribution in [2.75, 3.05) is 30.4 Å². The van der Waals surface area contributed by atoms with E-state index in [0.717, 1.165) is 17.2 Å². The van der Waals surface area contributed by atoms with Crippen molar-refractivity contribution in [3.63, 3.8) is 0 Å². The van der Waals surface area contributed by atoms with E-state index in [4.69, 9.17) is 5.73 Å². The molecule has 0 bridgehead atoms. The number of hydrogen-bond donors (Lipinski definition) is 3. The molecule has 0 atom stereocenters. The Balaban J connectivity index is 2.09. The third-order valence-electron chi connectivity index (χ3n) is 2.44. The summed E-state index contributed by atoms with van der Waals surface area (Å²) in [5.41, 5.74) is 7.07. The van der Waals surface area contributed by atoms with Crippen LogP contribution in [0.4, 0.5) is 11.5 Å². The maximum atomic E-state index is 10.9. The number of nitrogens with one attached hydrogen (secondary N) is 2. The monoisotopic (exact) mass is 281 g/mol. The summed E-state index contributed by atoms with van der Waals surface area (Å²) < 4.78 is 24.2. The van der Waals surface area contributed by atoms with Gasteiger partial charge >= 0.3 is 0 Å². The van der Waals surface area contributed by atoms with Crippen LogP contribution in [0.15, 0.2) is 24.5 Å². The molecule has 0 radical (unpaired) electrons. The van der Waals surface area contributed by atoms with E-state index in [-0.39, 0.29) is 0 Å². The number of hydrogen-bond acceptors (Lipinski definition) is 6. The average Bonchev–Trinajstić information content (AvgIpc) is 2.33. The third-order valence-corrected chi connectivity index (χ3v) is 3.17. The first kappa shape index (κ1) is 13.5. The van der Waals surface area contributed by atoms with Gasteiger partial charge in [-0.05, 0) is 18.2 Å². The molecule has 19 heavy (non-hydrogen) atoms. The summed E-state index contributed by atoms with van der Waals surface area (Å²) in [6, 6.07) is 5.36. The summed E-state index contributed by atoms with van der Waals surface area (Å²) in [4.78, 5) is 8.26. The second-order valence-electron chi connectivity index (χ2n) is 4.09. The predicted molar refractivity (Wildman–Crippen MR) is 75.3 cm³/mol. The van der Waals surface area contributed by atoms with E-state index in [1.165, 1.54) is 6.33 Å². The molecule has 0 aliphatic rings. The van der Waals surface area contributed by atoms with Gasteiger partial charge in [-0.3, -0.25) is 0 Å². The normalized spacial score (nSPS) is 11.6. The fourth-order valence-corrected chi connectivity index (χ4v) is 2.11. The highest BCUT2D eigenvalue weighted by Gasteiger charge is 2.04. The Labute approximate surface area is 111 Å². The molecular weight excluding hydrogens is 266 g/mol. The maximum Gasteiger partial charge on any atom is 0.208 e. The van der Waals surface area contributed by atoms with Gasteiger partial charge in [0, 0.05) is 24.2 Å². The number of nitrogen functional groups attached to an aromatic ring is 1. The Morgan fingerprint density at radius 3 is 2.79 bits per heavy atom. The molecule has 0 amide bonds. The van der Waals surface area contributed by atoms with E-state index in [0.29, 0.717) is 24.6 Å². The van der Waals surface area contributed by atoms with Gasteiger partial charge in [0.25, 0.3) is 0 Å². The molecule has 0 fully saturated rings. The zero-order chi connectivity index (χ0) is 13.9. The molecule has 1 aromatic carbocycles. The van der Waals surface area contributed by atoms with Gasteiger partial charge in [0.15, 0.2) is 0 Å². The topological polar surface area (TPSA) is 110 Å². The minimum Gasteiger partial charge on any atom is -0.399 e. The van der Waals surface area contributed by atoms with Crippen molar-refractivity contribution in [2.24, 2.45) is 0 Å². The molecule has 2 aromatic rings. The number of benzene rings is 1. The molecule has 0 aliphatic carbocycles. The number of nitrogens with two attached hydrogens (primary N) is 1. The molecule has 8 heteroatoms. The van der Waals surface area contributed by atoms with Crippen LogP contribution in [0, 0.1) is 0 Å². The summed E-state index contributed by atoms with van der Waals surface area (Å²) >= 11 is 0. The van der Waals surface area contributed by atoms with Crippen molar-refractivity contribution in [3.05, 3.63) is 24.5 Å². The van der Waals surface area contributed by atoms with E-state index < -0.39 is 10.0 Å². The van der Waals surface area contributed by atoms with E-state index in [1.807, 2.05) is 6.07 Å². The van der Waals surface area contributed by atoms with Gasteiger partial charge in [0.1, 0.15) is 12.1 Å². The summed E-state index contributed by atoms with van der Waals surface area (Å²) in [6.45, 7) is 0.725. The smallest absolute Gasteiger partial charge is 0.208 e. The molecule has 1 heterocycles. The van der Waals surface area contributed by atoms with Gasteiger partial charge in [-0.1, -0.05) is 0 Å². The van der Waals surface area contributed by atoms with Crippen LogP contribution in [0.5, 0.6) is 0 Å². The van der Waals surface area contributed by atoms with Crippen LogP contribution in [0.2, 0.25) is 0 Å². The van der Waals surface area contributed by atoms with Gasteiger partial charge in [-0.25, -0.2) is 23.1 Å². The molecule has 2 rings (SSSR count). The Kier molecular flexibility index (Phi) is 3.82. The minimum atomic E-state index is -3.17. The van der Waals surface area contributed by atoms with Crippen molar-refractivity contribution in [2.45, 2.75) is 0 Å². The van der Waals surface area contributed by atoms with Gasteiger partial charge < -0.3 is 11.1 Å². The SMILES string of the molecule is CS(=O)(=O)NCCNc1ncnc2cc(N)ccc12. The van der Waals surface area contributed by atoms with Crippen LogP contribution < -0.4 is 15.8 Å². The van der Waals surface area contributed by atoms with E-state index >= 15 is 0 Å². The van der Waals surface area contributed by atoms with Crippen LogP contribution in [0.25, 0.3) is 10.9 Å². The first-order valence-corrected chi connectivity index (χ1v) is 7.53. The highest BCUT2D eigenvalue weighted by molar-refractivity contribution is 7.88. The van der Waals surface area contributed by atoms with Crippen LogP contribution in [-0.2, 0) is 10.0 Å². The van der Waals surface area contributed by atoms with E-state index in [9.17, 15) is 8.42 Å². The van der Waals surface area contributed by atoms with Crippen molar-refractivity contribution in [3.8, 4) is 0 Å². The first-order valence-electron chi connectivity index (χ1n) is 5.64. The summed E-state index contributed by atoms with van der Waals surface area (Å²) in [5.74, 6) is 0.653. The fourth-order valence-electron chi connectivity index (χ4n) is 1.63. The quantitative estimate of drug-likeness (QED) is 0.532. The fraction of sp³-hybridized carbons (Fsp3) is 0.273. The maximum absolute atomic E-state index is 10.9. The van der Waals surface area contributed by atoms with Crippen LogP contribution >= 0.6 is 0 Å². The molecule has 7 nitrogen and oxygen atoms in total. The van der Waals surface area contributed by atoms with Crippen LogP contribution in [-0.4, -0.2) is 37.7 Å². The lowest BCUT2D eigenvalue weighted by Crippen LogP contribution is -2.27. The molecule has 1 aromatic heterocycles. The molecule has 0 aliphatic heterocycles. The second kappa shape index (κ2) is 5.37. The van der Waals surface area contributed by atoms with Gasteiger partial charge in [0.2, 0.25) is 10.0 Å². The highest BCUT2D eigenvalue weighted by atomic mass is 32.2. The van der Waals surface area contributed by atoms with E-state index in [2.05, 4.69) is 20.0 Å². The van der Waals surface area contributed by atoms with Gasteiger partial charge in [-0.2, -0.15) is 0 Å². The van der Waals surface area contributed by atoms with Crippen molar-refractivity contribution in [1.82, 2.24) is 14.7 Å². The number of nitrogens with zero attached hydrogens (tertiary/aromatic N) is 2. The lowest BCUT2D eigenvalue weighted by Gasteiger charge is -2.08. The highest BCUT2D eigenvalue weighted by Crippen LogP contribution is 2.20. The van der Waals surface area contributed by atoms with Crippen molar-refractivity contribution >= 4 is 32.4 Å². The Morgan fingerprint density at radius 1 is 1.26 bits per heavy atom. The van der Waals surface area contributed by atoms with E-state index in [1.54, 1.807) is 12.1 Å². The molecule has 4 N–H and O–H groups in total. The number of aromatic nitrogens is 2. The number of fused-ring (bicyclic) bond motifs is 1. The summed E-state index contributed by atoms with van der Waals surface area (Å²) in [7, 11) is -3.17. The average molecular weight is 281 g/mol. The summed E-state index contributed by atoms with van der Waals surface area (Å²) in [6.07, 6.45) is 2.56. The third kappa shape index (κ3) is 3.76. The number of sulfonamides is 1. The van der Waals surface area contributed by atoms with Crippen LogP contribution in [0.3, 0.4) is 0 Å². The Morgan fingerprint density at radius 2 is 2.05 bits per heavy atom. The first-order chi connectivity index (χ1) is 8.96. The molecule has 0 unspecified atom stereocenters. The Hall–Kier alpha value is -1.93. The Bertz CT molecular complexity index is 687.